The molecular formula is C23H27N7O2. The van der Waals surface area contributed by atoms with Crippen molar-refractivity contribution in [1.29, 1.82) is 0 Å². The van der Waals surface area contributed by atoms with Gasteiger partial charge >= 0.3 is 0 Å². The minimum atomic E-state index is -0.0384. The number of fused-ring (bicyclic) bond motifs is 1. The summed E-state index contributed by atoms with van der Waals surface area (Å²) in [7, 11) is 0. The molecule has 32 heavy (non-hydrogen) atoms. The van der Waals surface area contributed by atoms with Gasteiger partial charge in [0.2, 0.25) is 5.91 Å². The third kappa shape index (κ3) is 4.02. The highest BCUT2D eigenvalue weighted by atomic mass is 16.2. The summed E-state index contributed by atoms with van der Waals surface area (Å²) in [6.45, 7) is 5.85. The molecule has 2 fully saturated rings. The molecule has 2 aliphatic rings. The summed E-state index contributed by atoms with van der Waals surface area (Å²) >= 11 is 0. The number of aromatic amines is 1. The Hall–Kier alpha value is -3.49. The van der Waals surface area contributed by atoms with Gasteiger partial charge in [-0.15, -0.1) is 0 Å². The SMILES string of the molecule is Cc1cc(N2CCC(C(=O)N3CCN(C(=O)c4cc5cccnc5[nH]4)CC3)CC2)ncn1. The predicted octanol–water partition coefficient (Wildman–Crippen LogP) is 1.86. The molecule has 5 rings (SSSR count). The second kappa shape index (κ2) is 8.57. The molecule has 166 valence electrons. The van der Waals surface area contributed by atoms with E-state index < -0.39 is 0 Å². The van der Waals surface area contributed by atoms with Crippen LogP contribution in [0.2, 0.25) is 0 Å². The molecule has 2 amide bonds. The molecule has 3 aromatic rings. The van der Waals surface area contributed by atoms with Crippen LogP contribution < -0.4 is 4.90 Å². The minimum Gasteiger partial charge on any atom is -0.356 e. The first-order valence-electron chi connectivity index (χ1n) is 11.1. The van der Waals surface area contributed by atoms with E-state index >= 15 is 0 Å². The number of carbonyl (C=O) groups excluding carboxylic acids is 2. The molecule has 9 nitrogen and oxygen atoms in total. The number of piperidine rings is 1. The fourth-order valence-corrected chi connectivity index (χ4v) is 4.60. The maximum absolute atomic E-state index is 13.1. The molecule has 0 unspecified atom stereocenters. The van der Waals surface area contributed by atoms with Crippen LogP contribution in [-0.2, 0) is 4.79 Å². The molecule has 1 N–H and O–H groups in total. The van der Waals surface area contributed by atoms with Crippen LogP contribution in [0.4, 0.5) is 5.82 Å². The lowest BCUT2D eigenvalue weighted by atomic mass is 9.95. The number of H-pyrrole nitrogens is 1. The number of piperazine rings is 1. The summed E-state index contributed by atoms with van der Waals surface area (Å²) in [6, 6.07) is 7.62. The first kappa shape index (κ1) is 20.4. The van der Waals surface area contributed by atoms with E-state index in [0.29, 0.717) is 37.5 Å². The molecule has 3 aromatic heterocycles. The van der Waals surface area contributed by atoms with Crippen molar-refractivity contribution in [3.8, 4) is 0 Å². The van der Waals surface area contributed by atoms with Gasteiger partial charge in [-0.25, -0.2) is 15.0 Å². The summed E-state index contributed by atoms with van der Waals surface area (Å²) in [5.74, 6) is 1.15. The number of carbonyl (C=O) groups is 2. The third-order valence-electron chi connectivity index (χ3n) is 6.46. The zero-order chi connectivity index (χ0) is 22.1. The lowest BCUT2D eigenvalue weighted by Gasteiger charge is -2.38. The number of amides is 2. The molecule has 0 bridgehead atoms. The van der Waals surface area contributed by atoms with E-state index in [1.54, 1.807) is 12.5 Å². The normalized spacial score (nSPS) is 17.7. The molecule has 0 atom stereocenters. The fourth-order valence-electron chi connectivity index (χ4n) is 4.60. The lowest BCUT2D eigenvalue weighted by molar-refractivity contribution is -0.137. The number of aromatic nitrogens is 4. The van der Waals surface area contributed by atoms with Crippen molar-refractivity contribution in [2.24, 2.45) is 5.92 Å². The molecule has 0 radical (unpaired) electrons. The summed E-state index contributed by atoms with van der Waals surface area (Å²) < 4.78 is 0. The zero-order valence-electron chi connectivity index (χ0n) is 18.2. The maximum atomic E-state index is 13.1. The second-order valence-corrected chi connectivity index (χ2v) is 8.52. The van der Waals surface area contributed by atoms with Gasteiger partial charge in [-0.2, -0.15) is 0 Å². The van der Waals surface area contributed by atoms with E-state index in [-0.39, 0.29) is 17.7 Å². The van der Waals surface area contributed by atoms with Gasteiger partial charge in [-0.1, -0.05) is 0 Å². The number of nitrogens with one attached hydrogen (secondary N) is 1. The van der Waals surface area contributed by atoms with E-state index in [1.807, 2.05) is 41.0 Å². The largest absolute Gasteiger partial charge is 0.356 e. The number of anilines is 1. The number of pyridine rings is 1. The molecule has 0 aromatic carbocycles. The van der Waals surface area contributed by atoms with E-state index in [2.05, 4.69) is 24.8 Å². The van der Waals surface area contributed by atoms with Crippen molar-refractivity contribution in [2.75, 3.05) is 44.2 Å². The van der Waals surface area contributed by atoms with Crippen molar-refractivity contribution >= 4 is 28.7 Å². The Kier molecular flexibility index (Phi) is 5.46. The van der Waals surface area contributed by atoms with Gasteiger partial charge in [0.1, 0.15) is 23.5 Å². The van der Waals surface area contributed by atoms with Gasteiger partial charge in [0, 0.05) is 68.5 Å². The maximum Gasteiger partial charge on any atom is 0.270 e. The minimum absolute atomic E-state index is 0.0382. The molecule has 9 heteroatoms. The van der Waals surface area contributed by atoms with Crippen LogP contribution in [0.15, 0.2) is 36.8 Å². The van der Waals surface area contributed by atoms with E-state index in [4.69, 9.17) is 0 Å². The fraction of sp³-hybridized carbons (Fsp3) is 0.435. The highest BCUT2D eigenvalue weighted by Crippen LogP contribution is 2.24. The summed E-state index contributed by atoms with van der Waals surface area (Å²) in [4.78, 5) is 47.8. The Bertz CT molecular complexity index is 1100. The first-order chi connectivity index (χ1) is 15.6. The monoisotopic (exact) mass is 433 g/mol. The van der Waals surface area contributed by atoms with Crippen molar-refractivity contribution in [3.63, 3.8) is 0 Å². The van der Waals surface area contributed by atoms with Crippen LogP contribution >= 0.6 is 0 Å². The average molecular weight is 434 g/mol. The van der Waals surface area contributed by atoms with Crippen molar-refractivity contribution in [1.82, 2.24) is 29.7 Å². The van der Waals surface area contributed by atoms with Crippen LogP contribution in [-0.4, -0.2) is 80.8 Å². The molecule has 2 saturated heterocycles. The van der Waals surface area contributed by atoms with Gasteiger partial charge in [-0.3, -0.25) is 9.59 Å². The van der Waals surface area contributed by atoms with Crippen molar-refractivity contribution < 1.29 is 9.59 Å². The second-order valence-electron chi connectivity index (χ2n) is 8.52. The molecule has 2 aliphatic heterocycles. The number of hydrogen-bond acceptors (Lipinski definition) is 6. The van der Waals surface area contributed by atoms with Crippen molar-refractivity contribution in [3.05, 3.63) is 48.2 Å². The number of aryl methyl sites for hydroxylation is 1. The van der Waals surface area contributed by atoms with Crippen LogP contribution in [0.25, 0.3) is 11.0 Å². The highest BCUT2D eigenvalue weighted by Gasteiger charge is 2.32. The van der Waals surface area contributed by atoms with Crippen LogP contribution in [0.3, 0.4) is 0 Å². The summed E-state index contributed by atoms with van der Waals surface area (Å²) in [5, 5.41) is 0.924. The Balaban J connectivity index is 1.14. The van der Waals surface area contributed by atoms with E-state index in [9.17, 15) is 9.59 Å². The molecular weight excluding hydrogens is 406 g/mol. The van der Waals surface area contributed by atoms with Gasteiger partial charge < -0.3 is 19.7 Å². The van der Waals surface area contributed by atoms with Gasteiger partial charge in [-0.05, 0) is 38.0 Å². The van der Waals surface area contributed by atoms with Crippen molar-refractivity contribution in [2.45, 2.75) is 19.8 Å². The Morgan fingerprint density at radius 1 is 0.969 bits per heavy atom. The molecule has 0 spiro atoms. The van der Waals surface area contributed by atoms with Gasteiger partial charge in [0.15, 0.2) is 0 Å². The molecule has 0 aliphatic carbocycles. The number of nitrogens with zero attached hydrogens (tertiary/aromatic N) is 6. The summed E-state index contributed by atoms with van der Waals surface area (Å²) in [5.41, 5.74) is 2.21. The Morgan fingerprint density at radius 2 is 1.72 bits per heavy atom. The lowest BCUT2D eigenvalue weighted by Crippen LogP contribution is -2.53. The van der Waals surface area contributed by atoms with Gasteiger partial charge in [0.25, 0.3) is 5.91 Å². The Labute approximate surface area is 186 Å². The van der Waals surface area contributed by atoms with Crippen LogP contribution in [0, 0.1) is 12.8 Å². The Morgan fingerprint density at radius 3 is 2.44 bits per heavy atom. The third-order valence-corrected chi connectivity index (χ3v) is 6.46. The quantitative estimate of drug-likeness (QED) is 0.677. The number of hydrogen-bond donors (Lipinski definition) is 1. The standard InChI is InChI=1S/C23H27N7O2/c1-16-13-20(26-15-25-16)28-7-4-17(5-8-28)22(31)29-9-11-30(12-10-29)23(32)19-14-18-3-2-6-24-21(18)27-19/h2-3,6,13-15,17H,4-5,7-12H2,1H3,(H,24,27). The van der Waals surface area contributed by atoms with E-state index in [0.717, 1.165) is 42.8 Å². The molecule has 5 heterocycles. The average Bonchev–Trinajstić information content (AvgIpc) is 3.28. The zero-order valence-corrected chi connectivity index (χ0v) is 18.2. The van der Waals surface area contributed by atoms with E-state index in [1.165, 1.54) is 0 Å². The molecule has 0 saturated carbocycles. The topological polar surface area (TPSA) is 98.3 Å². The predicted molar refractivity (Wildman–Crippen MR) is 120 cm³/mol. The summed E-state index contributed by atoms with van der Waals surface area (Å²) in [6.07, 6.45) is 4.94. The van der Waals surface area contributed by atoms with Gasteiger partial charge in [0.05, 0.1) is 0 Å². The number of rotatable bonds is 3. The first-order valence-corrected chi connectivity index (χ1v) is 11.1. The van der Waals surface area contributed by atoms with Crippen LogP contribution in [0.1, 0.15) is 29.0 Å². The highest BCUT2D eigenvalue weighted by molar-refractivity contribution is 5.97. The smallest absolute Gasteiger partial charge is 0.270 e. The van der Waals surface area contributed by atoms with Crippen LogP contribution in [0.5, 0.6) is 0 Å².